The first-order valence-electron chi connectivity index (χ1n) is 12.7. The molecule has 11 heteroatoms. The van der Waals surface area contributed by atoms with Crippen LogP contribution in [0.1, 0.15) is 24.2 Å². The maximum Gasteiger partial charge on any atom is 0.342 e. The highest BCUT2D eigenvalue weighted by Gasteiger charge is 2.23. The molecule has 0 amide bonds. The molecular formula is C28H36N8O3. The molecule has 0 bridgehead atoms. The van der Waals surface area contributed by atoms with E-state index in [9.17, 15) is 4.79 Å². The smallest absolute Gasteiger partial charge is 0.342 e. The van der Waals surface area contributed by atoms with Gasteiger partial charge in [0.2, 0.25) is 5.95 Å². The predicted octanol–water partition coefficient (Wildman–Crippen LogP) is 3.93. The Bertz CT molecular complexity index is 1480. The summed E-state index contributed by atoms with van der Waals surface area (Å²) in [5.74, 6) is 0.313. The summed E-state index contributed by atoms with van der Waals surface area (Å²) in [4.78, 5) is 26.3. The van der Waals surface area contributed by atoms with E-state index in [0.717, 1.165) is 29.7 Å². The number of aryl methyl sites for hydroxylation is 1. The Morgan fingerprint density at radius 2 is 1.87 bits per heavy atom. The third-order valence-electron chi connectivity index (χ3n) is 6.22. The Morgan fingerprint density at radius 1 is 1.13 bits per heavy atom. The number of esters is 1. The molecule has 3 N–H and O–H groups in total. The maximum atomic E-state index is 13.0. The van der Waals surface area contributed by atoms with Gasteiger partial charge in [0, 0.05) is 44.8 Å². The summed E-state index contributed by atoms with van der Waals surface area (Å²) in [6, 6.07) is 11.4. The Balaban J connectivity index is 1.76. The number of likely N-dealkylation sites (N-methyl/N-ethyl adjacent to an activating group) is 2. The monoisotopic (exact) mass is 532 g/mol. The largest absolute Gasteiger partial charge is 0.494 e. The van der Waals surface area contributed by atoms with Crippen molar-refractivity contribution in [2.45, 2.75) is 20.0 Å². The summed E-state index contributed by atoms with van der Waals surface area (Å²) in [6.07, 6.45) is 1.16. The molecule has 2 heterocycles. The highest BCUT2D eigenvalue weighted by molar-refractivity contribution is 6.01. The van der Waals surface area contributed by atoms with Crippen molar-refractivity contribution in [1.29, 1.82) is 0 Å². The third kappa shape index (κ3) is 6.04. The summed E-state index contributed by atoms with van der Waals surface area (Å²) in [6.45, 7) is 5.26. The number of fused-ring (bicyclic) bond motifs is 1. The number of rotatable bonds is 10. The van der Waals surface area contributed by atoms with E-state index in [4.69, 9.17) is 20.2 Å². The van der Waals surface area contributed by atoms with E-state index in [2.05, 4.69) is 25.2 Å². The first-order chi connectivity index (χ1) is 18.6. The van der Waals surface area contributed by atoms with Gasteiger partial charge in [-0.2, -0.15) is 5.10 Å². The van der Waals surface area contributed by atoms with Crippen LogP contribution in [0.2, 0.25) is 0 Å². The number of methoxy groups -OCH3 is 1. The number of carbonyl (C=O) groups excluding carboxylic acids is 1. The standard InChI is InChI=1S/C28H36N8O3/c1-17(2)39-27(37)19-16-30-28(32-25(19)26-18-10-8-9-11-22(18)36(6)33-26)31-21-14-20(29)23(15-24(21)38-7)35(5)13-12-34(3)4/h8-11,14-17H,12-13,29H2,1-7H3,(H,30,31,32). The van der Waals surface area contributed by atoms with Crippen LogP contribution in [0.15, 0.2) is 42.6 Å². The van der Waals surface area contributed by atoms with Gasteiger partial charge in [-0.3, -0.25) is 4.68 Å². The lowest BCUT2D eigenvalue weighted by molar-refractivity contribution is 0.0378. The molecule has 0 spiro atoms. The second kappa shape index (κ2) is 11.6. The van der Waals surface area contributed by atoms with Gasteiger partial charge in [0.1, 0.15) is 22.7 Å². The van der Waals surface area contributed by atoms with Crippen molar-refractivity contribution >= 4 is 39.9 Å². The summed E-state index contributed by atoms with van der Waals surface area (Å²) >= 11 is 0. The van der Waals surface area contributed by atoms with Crippen molar-refractivity contribution in [2.75, 3.05) is 57.3 Å². The number of nitrogens with zero attached hydrogens (tertiary/aromatic N) is 6. The molecule has 0 unspecified atom stereocenters. The quantitative estimate of drug-likeness (QED) is 0.229. The molecule has 4 aromatic rings. The SMILES string of the molecule is COc1cc(N(C)CCN(C)C)c(N)cc1Nc1ncc(C(=O)OC(C)C)c(-c2nn(C)c3ccccc23)n1. The fourth-order valence-corrected chi connectivity index (χ4v) is 4.21. The minimum absolute atomic E-state index is 0.224. The summed E-state index contributed by atoms with van der Waals surface area (Å²) in [7, 11) is 9.49. The van der Waals surface area contributed by atoms with Crippen LogP contribution >= 0.6 is 0 Å². The van der Waals surface area contributed by atoms with E-state index in [1.165, 1.54) is 6.20 Å². The lowest BCUT2D eigenvalue weighted by atomic mass is 10.1. The molecule has 0 saturated carbocycles. The number of hydrogen-bond acceptors (Lipinski definition) is 10. The normalized spacial score (nSPS) is 11.3. The topological polar surface area (TPSA) is 124 Å². The molecule has 0 aliphatic carbocycles. The van der Waals surface area contributed by atoms with Crippen molar-refractivity contribution in [2.24, 2.45) is 7.05 Å². The lowest BCUT2D eigenvalue weighted by Gasteiger charge is -2.24. The number of nitrogens with one attached hydrogen (secondary N) is 1. The van der Waals surface area contributed by atoms with E-state index in [1.807, 2.05) is 58.5 Å². The second-order valence-corrected chi connectivity index (χ2v) is 9.86. The average molecular weight is 533 g/mol. The zero-order valence-electron chi connectivity index (χ0n) is 23.5. The van der Waals surface area contributed by atoms with Gasteiger partial charge in [-0.15, -0.1) is 0 Å². The van der Waals surface area contributed by atoms with Crippen LogP contribution in [0.25, 0.3) is 22.3 Å². The van der Waals surface area contributed by atoms with Crippen LogP contribution in [0.4, 0.5) is 23.0 Å². The van der Waals surface area contributed by atoms with E-state index < -0.39 is 5.97 Å². The van der Waals surface area contributed by atoms with Crippen LogP contribution < -0.4 is 20.7 Å². The van der Waals surface area contributed by atoms with Gasteiger partial charge in [0.15, 0.2) is 0 Å². The molecule has 11 nitrogen and oxygen atoms in total. The summed E-state index contributed by atoms with van der Waals surface area (Å²) < 4.78 is 12.9. The molecular weight excluding hydrogens is 496 g/mol. The van der Waals surface area contributed by atoms with Gasteiger partial charge >= 0.3 is 5.97 Å². The van der Waals surface area contributed by atoms with Gasteiger partial charge in [0.05, 0.1) is 35.8 Å². The number of benzene rings is 2. The van der Waals surface area contributed by atoms with Crippen LogP contribution in [-0.2, 0) is 11.8 Å². The number of nitrogens with two attached hydrogens (primary N) is 1. The molecule has 0 atom stereocenters. The Hall–Kier alpha value is -4.38. The van der Waals surface area contributed by atoms with Crippen molar-refractivity contribution in [3.05, 3.63) is 48.2 Å². The molecule has 0 radical (unpaired) electrons. The van der Waals surface area contributed by atoms with Crippen LogP contribution in [0, 0.1) is 0 Å². The minimum atomic E-state index is -0.520. The molecule has 0 aliphatic heterocycles. The molecule has 4 rings (SSSR count). The zero-order valence-corrected chi connectivity index (χ0v) is 23.5. The Labute approximate surface area is 228 Å². The summed E-state index contributed by atoms with van der Waals surface area (Å²) in [5, 5.41) is 8.74. The van der Waals surface area contributed by atoms with Crippen molar-refractivity contribution in [3.8, 4) is 17.1 Å². The molecule has 0 saturated heterocycles. The van der Waals surface area contributed by atoms with Gasteiger partial charge < -0.3 is 30.3 Å². The fraction of sp³-hybridized carbons (Fsp3) is 0.357. The van der Waals surface area contributed by atoms with Gasteiger partial charge in [-0.25, -0.2) is 14.8 Å². The second-order valence-electron chi connectivity index (χ2n) is 9.86. The van der Waals surface area contributed by atoms with E-state index in [0.29, 0.717) is 28.5 Å². The first-order valence-corrected chi connectivity index (χ1v) is 12.7. The maximum absolute atomic E-state index is 13.0. The molecule has 2 aromatic heterocycles. The van der Waals surface area contributed by atoms with Crippen molar-refractivity contribution < 1.29 is 14.3 Å². The number of ether oxygens (including phenoxy) is 2. The summed E-state index contributed by atoms with van der Waals surface area (Å²) in [5.41, 5.74) is 10.5. The van der Waals surface area contributed by atoms with Gasteiger partial charge in [-0.05, 0) is 40.1 Å². The predicted molar refractivity (Wildman–Crippen MR) is 155 cm³/mol. The van der Waals surface area contributed by atoms with Crippen LogP contribution in [0.3, 0.4) is 0 Å². The molecule has 0 fully saturated rings. The van der Waals surface area contributed by atoms with Gasteiger partial charge in [-0.1, -0.05) is 18.2 Å². The number of carbonyl (C=O) groups is 1. The number of para-hydroxylation sites is 1. The highest BCUT2D eigenvalue weighted by Crippen LogP contribution is 2.37. The Kier molecular flexibility index (Phi) is 8.20. The molecule has 206 valence electrons. The van der Waals surface area contributed by atoms with E-state index in [-0.39, 0.29) is 17.6 Å². The molecule has 2 aromatic carbocycles. The zero-order chi connectivity index (χ0) is 28.3. The third-order valence-corrected chi connectivity index (χ3v) is 6.22. The van der Waals surface area contributed by atoms with E-state index >= 15 is 0 Å². The Morgan fingerprint density at radius 3 is 2.56 bits per heavy atom. The average Bonchev–Trinajstić information content (AvgIpc) is 3.23. The van der Waals surface area contributed by atoms with Crippen LogP contribution in [0.5, 0.6) is 5.75 Å². The van der Waals surface area contributed by atoms with Crippen molar-refractivity contribution in [1.82, 2.24) is 24.6 Å². The molecule has 39 heavy (non-hydrogen) atoms. The first kappa shape index (κ1) is 27.6. The lowest BCUT2D eigenvalue weighted by Crippen LogP contribution is -2.29. The fourth-order valence-electron chi connectivity index (χ4n) is 4.21. The number of nitrogen functional groups attached to an aromatic ring is 1. The van der Waals surface area contributed by atoms with Gasteiger partial charge in [0.25, 0.3) is 0 Å². The number of anilines is 4. The van der Waals surface area contributed by atoms with Crippen LogP contribution in [-0.4, -0.2) is 78.1 Å². The van der Waals surface area contributed by atoms with E-state index in [1.54, 1.807) is 31.7 Å². The highest BCUT2D eigenvalue weighted by atomic mass is 16.5. The minimum Gasteiger partial charge on any atom is -0.494 e. The molecule has 0 aliphatic rings. The van der Waals surface area contributed by atoms with Crippen molar-refractivity contribution in [3.63, 3.8) is 0 Å². The number of hydrogen-bond donors (Lipinski definition) is 2. The number of aromatic nitrogens is 4.